The molecule has 28 heavy (non-hydrogen) atoms. The zero-order valence-electron chi connectivity index (χ0n) is 19.5. The van der Waals surface area contributed by atoms with Gasteiger partial charge < -0.3 is 0 Å². The average Bonchev–Trinajstić information content (AvgIpc) is 3.01. The van der Waals surface area contributed by atoms with E-state index in [-0.39, 0.29) is 0 Å². The van der Waals surface area contributed by atoms with E-state index in [4.69, 9.17) is 0 Å². The zero-order chi connectivity index (χ0) is 20.1. The Balaban J connectivity index is 1.54. The summed E-state index contributed by atoms with van der Waals surface area (Å²) in [7, 11) is 0. The number of allylic oxidation sites excluding steroid dienone is 6. The van der Waals surface area contributed by atoms with Crippen LogP contribution in [0.3, 0.4) is 0 Å². The summed E-state index contributed by atoms with van der Waals surface area (Å²) < 4.78 is 0. The van der Waals surface area contributed by atoms with E-state index in [0.29, 0.717) is 10.8 Å². The molecule has 0 aromatic rings. The van der Waals surface area contributed by atoms with Crippen molar-refractivity contribution >= 4 is 0 Å². The van der Waals surface area contributed by atoms with Gasteiger partial charge in [0.05, 0.1) is 0 Å². The Morgan fingerprint density at radius 1 is 1.04 bits per heavy atom. The minimum Gasteiger partial charge on any atom is -0.0850 e. The molecule has 156 valence electrons. The van der Waals surface area contributed by atoms with Gasteiger partial charge in [-0.3, -0.25) is 0 Å². The van der Waals surface area contributed by atoms with Gasteiger partial charge in [-0.25, -0.2) is 0 Å². The molecule has 4 aliphatic rings. The molecule has 0 bridgehead atoms. The van der Waals surface area contributed by atoms with E-state index in [9.17, 15) is 0 Å². The third-order valence-corrected chi connectivity index (χ3v) is 10.1. The molecule has 6 unspecified atom stereocenters. The molecular formula is C28H44. The Bertz CT molecular complexity index is 689. The van der Waals surface area contributed by atoms with Gasteiger partial charge in [0, 0.05) is 0 Å². The SMILES string of the molecule is C/C(=C\CC1CCC2C3=CC=C4CCCCC4(C)C3CCC12C)C(C)C(C)C. The predicted molar refractivity (Wildman–Crippen MR) is 122 cm³/mol. The first kappa shape index (κ1) is 20.5. The van der Waals surface area contributed by atoms with Gasteiger partial charge in [-0.2, -0.15) is 0 Å². The lowest BCUT2D eigenvalue weighted by molar-refractivity contribution is 0.0700. The Labute approximate surface area is 175 Å². The topological polar surface area (TPSA) is 0 Å². The highest BCUT2D eigenvalue weighted by Gasteiger charge is 2.55. The van der Waals surface area contributed by atoms with Crippen molar-refractivity contribution in [1.29, 1.82) is 0 Å². The van der Waals surface area contributed by atoms with Gasteiger partial charge in [0.1, 0.15) is 0 Å². The molecule has 0 spiro atoms. The van der Waals surface area contributed by atoms with Crippen molar-refractivity contribution < 1.29 is 0 Å². The Kier molecular flexibility index (Phi) is 5.47. The van der Waals surface area contributed by atoms with Crippen LogP contribution in [0.1, 0.15) is 99.3 Å². The van der Waals surface area contributed by atoms with E-state index < -0.39 is 0 Å². The van der Waals surface area contributed by atoms with Crippen LogP contribution < -0.4 is 0 Å². The fourth-order valence-corrected chi connectivity index (χ4v) is 7.57. The molecular weight excluding hydrogens is 336 g/mol. The van der Waals surface area contributed by atoms with Gasteiger partial charge in [-0.1, -0.05) is 76.0 Å². The predicted octanol–water partition coefficient (Wildman–Crippen LogP) is 8.50. The van der Waals surface area contributed by atoms with E-state index in [0.717, 1.165) is 29.6 Å². The second-order valence-corrected chi connectivity index (χ2v) is 11.6. The molecule has 4 rings (SSSR count). The second-order valence-electron chi connectivity index (χ2n) is 11.6. The van der Waals surface area contributed by atoms with Crippen LogP contribution in [0.4, 0.5) is 0 Å². The summed E-state index contributed by atoms with van der Waals surface area (Å²) in [6.07, 6.45) is 20.5. The largest absolute Gasteiger partial charge is 0.0850 e. The second kappa shape index (κ2) is 7.48. The molecule has 3 saturated carbocycles. The molecule has 0 aromatic carbocycles. The van der Waals surface area contributed by atoms with Gasteiger partial charge in [0.15, 0.2) is 0 Å². The van der Waals surface area contributed by atoms with Crippen LogP contribution in [-0.4, -0.2) is 0 Å². The quantitative estimate of drug-likeness (QED) is 0.429. The number of hydrogen-bond acceptors (Lipinski definition) is 0. The minimum atomic E-state index is 0.491. The lowest BCUT2D eigenvalue weighted by Crippen LogP contribution is -2.44. The molecule has 0 aliphatic heterocycles. The van der Waals surface area contributed by atoms with Crippen molar-refractivity contribution in [3.05, 3.63) is 34.9 Å². The normalized spacial score (nSPS) is 41.7. The molecule has 3 fully saturated rings. The summed E-state index contributed by atoms with van der Waals surface area (Å²) in [5.41, 5.74) is 6.30. The maximum Gasteiger partial charge on any atom is -0.00476 e. The number of fused-ring (bicyclic) bond motifs is 5. The van der Waals surface area contributed by atoms with E-state index in [2.05, 4.69) is 59.8 Å². The maximum atomic E-state index is 2.66. The van der Waals surface area contributed by atoms with Crippen LogP contribution in [0, 0.1) is 40.4 Å². The molecule has 0 N–H and O–H groups in total. The molecule has 0 saturated heterocycles. The van der Waals surface area contributed by atoms with Crippen molar-refractivity contribution in [2.45, 2.75) is 99.3 Å². The van der Waals surface area contributed by atoms with Crippen LogP contribution in [0.15, 0.2) is 34.9 Å². The standard InChI is InChI=1S/C28H44/c1-19(2)21(4)20(3)10-11-23-13-15-25-24-14-12-22-9-7-8-17-27(22,5)26(24)16-18-28(23,25)6/h10,12,14,19,21,23,25-26H,7-9,11,13,15-18H2,1-6H3/b20-10+. The Morgan fingerprint density at radius 2 is 1.82 bits per heavy atom. The molecule has 0 radical (unpaired) electrons. The number of hydrogen-bond donors (Lipinski definition) is 0. The highest BCUT2D eigenvalue weighted by molar-refractivity contribution is 5.38. The lowest BCUT2D eigenvalue weighted by Gasteiger charge is -2.54. The highest BCUT2D eigenvalue weighted by atomic mass is 14.6. The first-order valence-electron chi connectivity index (χ1n) is 12.3. The monoisotopic (exact) mass is 380 g/mol. The van der Waals surface area contributed by atoms with E-state index in [1.54, 1.807) is 11.1 Å². The fraction of sp³-hybridized carbons (Fsp3) is 0.786. The molecule has 0 amide bonds. The molecule has 0 nitrogen and oxygen atoms in total. The molecule has 0 heteroatoms. The smallest absolute Gasteiger partial charge is 0.00476 e. The van der Waals surface area contributed by atoms with Crippen LogP contribution in [0.5, 0.6) is 0 Å². The molecule has 0 heterocycles. The van der Waals surface area contributed by atoms with Crippen molar-refractivity contribution in [2.24, 2.45) is 40.4 Å². The van der Waals surface area contributed by atoms with Crippen molar-refractivity contribution in [3.63, 3.8) is 0 Å². The van der Waals surface area contributed by atoms with Gasteiger partial charge in [0.25, 0.3) is 0 Å². The Hall–Kier alpha value is -0.780. The van der Waals surface area contributed by atoms with Crippen molar-refractivity contribution in [2.75, 3.05) is 0 Å². The average molecular weight is 381 g/mol. The first-order chi connectivity index (χ1) is 13.3. The zero-order valence-corrected chi connectivity index (χ0v) is 19.5. The van der Waals surface area contributed by atoms with Crippen LogP contribution >= 0.6 is 0 Å². The van der Waals surface area contributed by atoms with Crippen molar-refractivity contribution in [3.8, 4) is 0 Å². The third kappa shape index (κ3) is 3.18. The molecule has 0 aromatic heterocycles. The van der Waals surface area contributed by atoms with Crippen molar-refractivity contribution in [1.82, 2.24) is 0 Å². The third-order valence-electron chi connectivity index (χ3n) is 10.1. The maximum absolute atomic E-state index is 2.66. The van der Waals surface area contributed by atoms with Crippen LogP contribution in [-0.2, 0) is 0 Å². The summed E-state index contributed by atoms with van der Waals surface area (Å²) in [6.45, 7) is 14.8. The summed E-state index contributed by atoms with van der Waals surface area (Å²) in [6, 6.07) is 0. The lowest BCUT2D eigenvalue weighted by atomic mass is 9.50. The molecule has 6 atom stereocenters. The summed E-state index contributed by atoms with van der Waals surface area (Å²) in [5.74, 6) is 4.06. The van der Waals surface area contributed by atoms with Gasteiger partial charge in [0.2, 0.25) is 0 Å². The summed E-state index contributed by atoms with van der Waals surface area (Å²) >= 11 is 0. The highest BCUT2D eigenvalue weighted by Crippen LogP contribution is 2.65. The van der Waals surface area contributed by atoms with E-state index >= 15 is 0 Å². The van der Waals surface area contributed by atoms with E-state index in [1.807, 2.05) is 5.57 Å². The summed E-state index contributed by atoms with van der Waals surface area (Å²) in [4.78, 5) is 0. The van der Waals surface area contributed by atoms with E-state index in [1.165, 1.54) is 57.8 Å². The van der Waals surface area contributed by atoms with Crippen LogP contribution in [0.25, 0.3) is 0 Å². The van der Waals surface area contributed by atoms with Crippen LogP contribution in [0.2, 0.25) is 0 Å². The fourth-order valence-electron chi connectivity index (χ4n) is 7.57. The minimum absolute atomic E-state index is 0.491. The first-order valence-corrected chi connectivity index (χ1v) is 12.3. The molecule has 4 aliphatic carbocycles. The van der Waals surface area contributed by atoms with Gasteiger partial charge >= 0.3 is 0 Å². The van der Waals surface area contributed by atoms with Gasteiger partial charge in [-0.15, -0.1) is 0 Å². The Morgan fingerprint density at radius 3 is 2.57 bits per heavy atom. The summed E-state index contributed by atoms with van der Waals surface area (Å²) in [5, 5.41) is 0. The van der Waals surface area contributed by atoms with Gasteiger partial charge in [-0.05, 0) is 98.7 Å². The number of rotatable bonds is 4.